The van der Waals surface area contributed by atoms with Gasteiger partial charge in [0.25, 0.3) is 0 Å². The van der Waals surface area contributed by atoms with Crippen molar-refractivity contribution in [1.29, 1.82) is 0 Å². The number of likely N-dealkylation sites (tertiary alicyclic amines) is 1. The molecule has 1 unspecified atom stereocenters. The molecule has 0 bridgehead atoms. The third-order valence-corrected chi connectivity index (χ3v) is 3.65. The first-order valence-corrected chi connectivity index (χ1v) is 8.03. The maximum Gasteiger partial charge on any atom is 0.410 e. The van der Waals surface area contributed by atoms with Crippen LogP contribution in [0.3, 0.4) is 0 Å². The molecule has 1 atom stereocenters. The number of rotatable bonds is 3. The van der Waals surface area contributed by atoms with E-state index in [1.807, 2.05) is 32.9 Å². The predicted octanol–water partition coefficient (Wildman–Crippen LogP) is 2.49. The molecule has 0 spiro atoms. The number of hydrogen-bond donors (Lipinski definition) is 1. The van der Waals surface area contributed by atoms with Gasteiger partial charge in [-0.25, -0.2) is 4.79 Å². The highest BCUT2D eigenvalue weighted by molar-refractivity contribution is 5.85. The van der Waals surface area contributed by atoms with Crippen LogP contribution in [-0.4, -0.2) is 40.1 Å². The lowest BCUT2D eigenvalue weighted by atomic mass is 10.0. The van der Waals surface area contributed by atoms with E-state index in [1.165, 1.54) is 0 Å². The van der Waals surface area contributed by atoms with E-state index in [1.54, 1.807) is 17.3 Å². The second-order valence-corrected chi connectivity index (χ2v) is 6.76. The second kappa shape index (κ2) is 7.44. The van der Waals surface area contributed by atoms with Crippen molar-refractivity contribution in [3.8, 4) is 0 Å². The Morgan fingerprint density at radius 2 is 2.00 bits per heavy atom. The molecule has 2 amide bonds. The highest BCUT2D eigenvalue weighted by Crippen LogP contribution is 2.20. The third kappa shape index (κ3) is 5.23. The average Bonchev–Trinajstić information content (AvgIpc) is 2.52. The Hall–Kier alpha value is -2.11. The summed E-state index contributed by atoms with van der Waals surface area (Å²) in [6.45, 7) is 6.47. The fourth-order valence-corrected chi connectivity index (χ4v) is 2.55. The van der Waals surface area contributed by atoms with Crippen LogP contribution >= 0.6 is 0 Å². The molecule has 0 radical (unpaired) electrons. The summed E-state index contributed by atoms with van der Waals surface area (Å²) in [4.78, 5) is 30.3. The molecule has 0 aliphatic carbocycles. The van der Waals surface area contributed by atoms with Gasteiger partial charge in [0.2, 0.25) is 5.91 Å². The van der Waals surface area contributed by atoms with Crippen molar-refractivity contribution in [3.63, 3.8) is 0 Å². The molecule has 1 N–H and O–H groups in total. The van der Waals surface area contributed by atoms with Crippen LogP contribution in [0.25, 0.3) is 0 Å². The quantitative estimate of drug-likeness (QED) is 0.929. The molecular weight excluding hydrogens is 294 g/mol. The Morgan fingerprint density at radius 3 is 2.65 bits per heavy atom. The van der Waals surface area contributed by atoms with Gasteiger partial charge in [0.05, 0.1) is 0 Å². The van der Waals surface area contributed by atoms with Crippen molar-refractivity contribution in [2.45, 2.75) is 58.2 Å². The van der Waals surface area contributed by atoms with Gasteiger partial charge in [-0.1, -0.05) is 0 Å². The van der Waals surface area contributed by atoms with Crippen molar-refractivity contribution >= 4 is 12.0 Å². The number of aromatic nitrogens is 1. The lowest BCUT2D eigenvalue weighted by Gasteiger charge is -2.35. The number of carbonyl (C=O) groups excluding carboxylic acids is 2. The normalized spacial score (nSPS) is 18.4. The smallest absolute Gasteiger partial charge is 0.410 e. The minimum Gasteiger partial charge on any atom is -0.444 e. The lowest BCUT2D eigenvalue weighted by Crippen LogP contribution is -2.52. The van der Waals surface area contributed by atoms with E-state index in [4.69, 9.17) is 4.74 Å². The Bertz CT molecular complexity index is 540. The Morgan fingerprint density at radius 1 is 1.30 bits per heavy atom. The Balaban J connectivity index is 1.97. The summed E-state index contributed by atoms with van der Waals surface area (Å²) in [5.41, 5.74) is 0.417. The number of pyridine rings is 1. The van der Waals surface area contributed by atoms with Gasteiger partial charge in [-0.05, 0) is 57.7 Å². The molecule has 23 heavy (non-hydrogen) atoms. The van der Waals surface area contributed by atoms with Gasteiger partial charge >= 0.3 is 6.09 Å². The maximum absolute atomic E-state index is 12.5. The number of carbonyl (C=O) groups is 2. The zero-order valence-corrected chi connectivity index (χ0v) is 14.0. The van der Waals surface area contributed by atoms with E-state index in [-0.39, 0.29) is 5.91 Å². The van der Waals surface area contributed by atoms with Crippen LogP contribution in [0.4, 0.5) is 4.79 Å². The fraction of sp³-hybridized carbons (Fsp3) is 0.588. The zero-order valence-electron chi connectivity index (χ0n) is 14.0. The van der Waals surface area contributed by atoms with Gasteiger partial charge in [-0.2, -0.15) is 0 Å². The first kappa shape index (κ1) is 17.2. The molecular formula is C17H25N3O3. The molecule has 2 heterocycles. The van der Waals surface area contributed by atoms with Crippen molar-refractivity contribution in [2.75, 3.05) is 6.54 Å². The molecule has 1 aromatic heterocycles. The molecule has 2 rings (SSSR count). The Kier molecular flexibility index (Phi) is 5.58. The number of amides is 2. The monoisotopic (exact) mass is 319 g/mol. The van der Waals surface area contributed by atoms with E-state index in [9.17, 15) is 9.59 Å². The fourth-order valence-electron chi connectivity index (χ4n) is 2.55. The maximum atomic E-state index is 12.5. The van der Waals surface area contributed by atoms with Crippen molar-refractivity contribution in [1.82, 2.24) is 15.2 Å². The number of hydrogen-bond acceptors (Lipinski definition) is 4. The molecule has 0 aromatic carbocycles. The van der Waals surface area contributed by atoms with E-state index in [0.29, 0.717) is 19.5 Å². The van der Waals surface area contributed by atoms with E-state index in [0.717, 1.165) is 18.4 Å². The van der Waals surface area contributed by atoms with Crippen molar-refractivity contribution < 1.29 is 14.3 Å². The minimum atomic E-state index is -0.563. The van der Waals surface area contributed by atoms with Crippen LogP contribution in [0.5, 0.6) is 0 Å². The zero-order chi connectivity index (χ0) is 16.9. The second-order valence-electron chi connectivity index (χ2n) is 6.76. The molecule has 6 nitrogen and oxygen atoms in total. The van der Waals surface area contributed by atoms with Crippen LogP contribution in [0.2, 0.25) is 0 Å². The van der Waals surface area contributed by atoms with E-state index >= 15 is 0 Å². The summed E-state index contributed by atoms with van der Waals surface area (Å²) in [6.07, 6.45) is 5.47. The molecule has 0 saturated carbocycles. The largest absolute Gasteiger partial charge is 0.444 e. The number of ether oxygens (including phenoxy) is 1. The Labute approximate surface area is 137 Å². The molecule has 126 valence electrons. The van der Waals surface area contributed by atoms with Gasteiger partial charge in [0.15, 0.2) is 0 Å². The first-order chi connectivity index (χ1) is 10.9. The summed E-state index contributed by atoms with van der Waals surface area (Å²) in [5, 5.41) is 2.90. The third-order valence-electron chi connectivity index (χ3n) is 3.65. The molecule has 1 aliphatic rings. The number of piperidine rings is 1. The van der Waals surface area contributed by atoms with Crippen LogP contribution in [0, 0.1) is 0 Å². The summed E-state index contributed by atoms with van der Waals surface area (Å²) < 4.78 is 5.42. The van der Waals surface area contributed by atoms with Gasteiger partial charge in [0.1, 0.15) is 11.6 Å². The topological polar surface area (TPSA) is 71.5 Å². The predicted molar refractivity (Wildman–Crippen MR) is 86.7 cm³/mol. The van der Waals surface area contributed by atoms with Crippen molar-refractivity contribution in [3.05, 3.63) is 30.1 Å². The standard InChI is InChI=1S/C17H25N3O3/c1-17(2,3)23-16(22)20-11-5-4-6-14(20)15(21)19-12-13-7-9-18-10-8-13/h7-10,14H,4-6,11-12H2,1-3H3,(H,19,21). The van der Waals surface area contributed by atoms with Gasteiger partial charge in [-0.15, -0.1) is 0 Å². The number of nitrogens with zero attached hydrogens (tertiary/aromatic N) is 2. The molecule has 1 saturated heterocycles. The van der Waals surface area contributed by atoms with E-state index in [2.05, 4.69) is 10.3 Å². The van der Waals surface area contributed by atoms with Crippen LogP contribution in [-0.2, 0) is 16.1 Å². The number of nitrogens with one attached hydrogen (secondary N) is 1. The SMILES string of the molecule is CC(C)(C)OC(=O)N1CCCCC1C(=O)NCc1ccncc1. The molecule has 1 aliphatic heterocycles. The molecule has 6 heteroatoms. The van der Waals surface area contributed by atoms with Crippen LogP contribution in [0.15, 0.2) is 24.5 Å². The first-order valence-electron chi connectivity index (χ1n) is 8.03. The van der Waals surface area contributed by atoms with E-state index < -0.39 is 17.7 Å². The summed E-state index contributed by atoms with van der Waals surface area (Å²) in [6, 6.07) is 3.25. The van der Waals surface area contributed by atoms with Crippen molar-refractivity contribution in [2.24, 2.45) is 0 Å². The molecule has 1 fully saturated rings. The van der Waals surface area contributed by atoms with Gasteiger partial charge in [-0.3, -0.25) is 14.7 Å². The van der Waals surface area contributed by atoms with Crippen LogP contribution < -0.4 is 5.32 Å². The summed E-state index contributed by atoms with van der Waals surface area (Å²) in [5.74, 6) is -0.132. The highest BCUT2D eigenvalue weighted by Gasteiger charge is 2.34. The average molecular weight is 319 g/mol. The molecule has 1 aromatic rings. The van der Waals surface area contributed by atoms with Gasteiger partial charge in [0, 0.05) is 25.5 Å². The highest BCUT2D eigenvalue weighted by atomic mass is 16.6. The summed E-state index contributed by atoms with van der Waals surface area (Å²) in [7, 11) is 0. The lowest BCUT2D eigenvalue weighted by molar-refractivity contribution is -0.127. The van der Waals surface area contributed by atoms with Gasteiger partial charge < -0.3 is 10.1 Å². The van der Waals surface area contributed by atoms with Crippen LogP contribution in [0.1, 0.15) is 45.6 Å². The minimum absolute atomic E-state index is 0.132. The summed E-state index contributed by atoms with van der Waals surface area (Å²) >= 11 is 0.